The summed E-state index contributed by atoms with van der Waals surface area (Å²) in [4.78, 5) is 22.0. The summed E-state index contributed by atoms with van der Waals surface area (Å²) in [5.41, 5.74) is 5.04. The summed E-state index contributed by atoms with van der Waals surface area (Å²) in [6.07, 6.45) is 0. The molecule has 104 valence electrons. The van der Waals surface area contributed by atoms with E-state index in [0.717, 1.165) is 12.1 Å². The Morgan fingerprint density at radius 3 is 2.42 bits per heavy atom. The molecule has 1 aromatic rings. The molecule has 0 saturated heterocycles. The highest BCUT2D eigenvalue weighted by molar-refractivity contribution is 5.96. The van der Waals surface area contributed by atoms with Crippen LogP contribution in [0.4, 0.5) is 13.6 Å². The van der Waals surface area contributed by atoms with E-state index in [1.165, 1.54) is 13.0 Å². The molecular weight excluding hydrogens is 256 g/mol. The predicted molar refractivity (Wildman–Crippen MR) is 65.1 cm³/mol. The number of halogens is 2. The van der Waals surface area contributed by atoms with Crippen molar-refractivity contribution in [1.29, 1.82) is 0 Å². The second kappa shape index (κ2) is 6.24. The maximum atomic E-state index is 13.5. The third kappa shape index (κ3) is 4.29. The Kier molecular flexibility index (Phi) is 4.94. The van der Waals surface area contributed by atoms with Crippen LogP contribution in [0.3, 0.4) is 0 Å². The van der Waals surface area contributed by atoms with E-state index in [1.807, 2.05) is 5.32 Å². The van der Waals surface area contributed by atoms with Crippen molar-refractivity contribution in [2.24, 2.45) is 5.73 Å². The molecule has 0 aliphatic carbocycles. The molecule has 0 aliphatic rings. The SMILES string of the molecule is C[C@H](N[C@H](C)C(=O)NC(N)=O)c1ccc(F)cc1F. The van der Waals surface area contributed by atoms with Crippen molar-refractivity contribution in [3.05, 3.63) is 35.4 Å². The highest BCUT2D eigenvalue weighted by Gasteiger charge is 2.19. The number of hydrogen-bond donors (Lipinski definition) is 3. The van der Waals surface area contributed by atoms with Crippen LogP contribution in [0.25, 0.3) is 0 Å². The number of nitrogens with two attached hydrogens (primary N) is 1. The molecule has 1 rings (SSSR count). The van der Waals surface area contributed by atoms with Gasteiger partial charge in [0.1, 0.15) is 11.6 Å². The minimum atomic E-state index is -0.959. The van der Waals surface area contributed by atoms with Crippen LogP contribution in [0.2, 0.25) is 0 Å². The normalized spacial score (nSPS) is 13.7. The van der Waals surface area contributed by atoms with Crippen molar-refractivity contribution < 1.29 is 18.4 Å². The molecule has 4 N–H and O–H groups in total. The molecule has 0 aromatic heterocycles. The smallest absolute Gasteiger partial charge is 0.318 e. The topological polar surface area (TPSA) is 84.2 Å². The maximum Gasteiger partial charge on any atom is 0.318 e. The van der Waals surface area contributed by atoms with E-state index in [-0.39, 0.29) is 5.56 Å². The molecule has 0 aliphatic heterocycles. The van der Waals surface area contributed by atoms with Gasteiger partial charge in [0.15, 0.2) is 0 Å². The van der Waals surface area contributed by atoms with Gasteiger partial charge in [0.2, 0.25) is 5.91 Å². The van der Waals surface area contributed by atoms with E-state index in [4.69, 9.17) is 5.73 Å². The Hall–Kier alpha value is -2.02. The third-order valence-corrected chi connectivity index (χ3v) is 2.57. The van der Waals surface area contributed by atoms with Crippen molar-refractivity contribution in [3.63, 3.8) is 0 Å². The summed E-state index contributed by atoms with van der Waals surface area (Å²) in [5, 5.41) is 4.69. The average Bonchev–Trinajstić information content (AvgIpc) is 2.27. The lowest BCUT2D eigenvalue weighted by Crippen LogP contribution is -2.47. The molecule has 3 amide bonds. The fraction of sp³-hybridized carbons (Fsp3) is 0.333. The molecule has 0 bridgehead atoms. The van der Waals surface area contributed by atoms with Gasteiger partial charge in [-0.3, -0.25) is 15.4 Å². The lowest BCUT2D eigenvalue weighted by molar-refractivity contribution is -0.121. The summed E-state index contributed by atoms with van der Waals surface area (Å²) in [6.45, 7) is 3.11. The fourth-order valence-corrected chi connectivity index (χ4v) is 1.62. The summed E-state index contributed by atoms with van der Waals surface area (Å²) in [6, 6.07) is 0.938. The quantitative estimate of drug-likeness (QED) is 0.769. The van der Waals surface area contributed by atoms with Crippen LogP contribution in [0, 0.1) is 11.6 Å². The number of primary amides is 1. The van der Waals surface area contributed by atoms with E-state index >= 15 is 0 Å². The van der Waals surface area contributed by atoms with Gasteiger partial charge >= 0.3 is 6.03 Å². The molecule has 0 unspecified atom stereocenters. The van der Waals surface area contributed by atoms with Crippen molar-refractivity contribution in [2.45, 2.75) is 25.9 Å². The second-order valence-electron chi connectivity index (χ2n) is 4.13. The monoisotopic (exact) mass is 271 g/mol. The van der Waals surface area contributed by atoms with E-state index < -0.39 is 35.7 Å². The first kappa shape index (κ1) is 15.0. The summed E-state index contributed by atoms with van der Waals surface area (Å²) in [7, 11) is 0. The van der Waals surface area contributed by atoms with Gasteiger partial charge in [-0.15, -0.1) is 0 Å². The Morgan fingerprint density at radius 1 is 1.26 bits per heavy atom. The number of urea groups is 1. The number of carbonyl (C=O) groups is 2. The first-order valence-corrected chi connectivity index (χ1v) is 5.62. The predicted octanol–water partition coefficient (Wildman–Crippen LogP) is 1.20. The molecule has 0 fully saturated rings. The maximum absolute atomic E-state index is 13.5. The standard InChI is InChI=1S/C12H15F2N3O2/c1-6(9-4-3-8(13)5-10(9)14)16-7(2)11(18)17-12(15)19/h3-7,16H,1-2H3,(H3,15,17,18,19)/t6-,7+/m0/s1. The molecule has 19 heavy (non-hydrogen) atoms. The van der Waals surface area contributed by atoms with Crippen LogP contribution >= 0.6 is 0 Å². The first-order chi connectivity index (χ1) is 8.81. The van der Waals surface area contributed by atoms with Gasteiger partial charge < -0.3 is 5.73 Å². The van der Waals surface area contributed by atoms with Crippen molar-refractivity contribution in [2.75, 3.05) is 0 Å². The number of hydrogen-bond acceptors (Lipinski definition) is 3. The molecule has 2 atom stereocenters. The average molecular weight is 271 g/mol. The lowest BCUT2D eigenvalue weighted by atomic mass is 10.1. The van der Waals surface area contributed by atoms with Crippen molar-refractivity contribution in [1.82, 2.24) is 10.6 Å². The number of carbonyl (C=O) groups excluding carboxylic acids is 2. The van der Waals surface area contributed by atoms with Crippen LogP contribution in [0.1, 0.15) is 25.5 Å². The number of benzene rings is 1. The molecule has 5 nitrogen and oxygen atoms in total. The van der Waals surface area contributed by atoms with Crippen LogP contribution < -0.4 is 16.4 Å². The van der Waals surface area contributed by atoms with Crippen LogP contribution in [0.5, 0.6) is 0 Å². The zero-order valence-corrected chi connectivity index (χ0v) is 10.5. The van der Waals surface area contributed by atoms with Crippen LogP contribution in [0.15, 0.2) is 18.2 Å². The van der Waals surface area contributed by atoms with Gasteiger partial charge in [0.05, 0.1) is 6.04 Å². The fourth-order valence-electron chi connectivity index (χ4n) is 1.62. The molecule has 0 radical (unpaired) electrons. The Morgan fingerprint density at radius 2 is 1.89 bits per heavy atom. The summed E-state index contributed by atoms with van der Waals surface area (Å²) in [5.74, 6) is -2.00. The largest absolute Gasteiger partial charge is 0.351 e. The Balaban J connectivity index is 2.71. The van der Waals surface area contributed by atoms with Gasteiger partial charge in [-0.1, -0.05) is 6.07 Å². The highest BCUT2D eigenvalue weighted by atomic mass is 19.1. The Labute approximate surface area is 109 Å². The van der Waals surface area contributed by atoms with Gasteiger partial charge in [-0.2, -0.15) is 0 Å². The third-order valence-electron chi connectivity index (χ3n) is 2.57. The molecular formula is C12H15F2N3O2. The van der Waals surface area contributed by atoms with E-state index in [1.54, 1.807) is 6.92 Å². The molecule has 0 heterocycles. The lowest BCUT2D eigenvalue weighted by Gasteiger charge is -2.19. The van der Waals surface area contributed by atoms with Crippen molar-refractivity contribution in [3.8, 4) is 0 Å². The zero-order valence-electron chi connectivity index (χ0n) is 10.5. The van der Waals surface area contributed by atoms with Gasteiger partial charge in [0.25, 0.3) is 0 Å². The number of nitrogens with one attached hydrogen (secondary N) is 2. The van der Waals surface area contributed by atoms with E-state index in [9.17, 15) is 18.4 Å². The van der Waals surface area contributed by atoms with Gasteiger partial charge in [-0.05, 0) is 19.9 Å². The number of imide groups is 1. The zero-order chi connectivity index (χ0) is 14.6. The molecule has 7 heteroatoms. The number of rotatable bonds is 4. The minimum absolute atomic E-state index is 0.222. The first-order valence-electron chi connectivity index (χ1n) is 5.62. The van der Waals surface area contributed by atoms with Gasteiger partial charge in [0, 0.05) is 17.7 Å². The van der Waals surface area contributed by atoms with Crippen LogP contribution in [-0.2, 0) is 4.79 Å². The van der Waals surface area contributed by atoms with E-state index in [2.05, 4.69) is 5.32 Å². The molecule has 1 aromatic carbocycles. The number of amides is 3. The second-order valence-corrected chi connectivity index (χ2v) is 4.13. The summed E-state index contributed by atoms with van der Waals surface area (Å²) < 4.78 is 26.3. The summed E-state index contributed by atoms with van der Waals surface area (Å²) >= 11 is 0. The minimum Gasteiger partial charge on any atom is -0.351 e. The highest BCUT2D eigenvalue weighted by Crippen LogP contribution is 2.18. The Bertz CT molecular complexity index is 494. The van der Waals surface area contributed by atoms with E-state index in [0.29, 0.717) is 0 Å². The molecule has 0 spiro atoms. The van der Waals surface area contributed by atoms with Crippen molar-refractivity contribution >= 4 is 11.9 Å². The molecule has 0 saturated carbocycles. The van der Waals surface area contributed by atoms with Gasteiger partial charge in [-0.25, -0.2) is 13.6 Å². The van der Waals surface area contributed by atoms with Crippen LogP contribution in [-0.4, -0.2) is 18.0 Å².